The fourth-order valence-electron chi connectivity index (χ4n) is 1.40. The van der Waals surface area contributed by atoms with Crippen LogP contribution in [0, 0.1) is 0 Å². The average Bonchev–Trinajstić information content (AvgIpc) is 2.37. The molecule has 1 aromatic carbocycles. The first-order valence-electron chi connectivity index (χ1n) is 5.13. The second kappa shape index (κ2) is 6.60. The highest BCUT2D eigenvalue weighted by Crippen LogP contribution is 2.14. The summed E-state index contributed by atoms with van der Waals surface area (Å²) < 4.78 is 16.0. The zero-order valence-corrected chi connectivity index (χ0v) is 11.0. The Kier molecular flexibility index (Phi) is 5.41. The first kappa shape index (κ1) is 13.1. The van der Waals surface area contributed by atoms with Gasteiger partial charge in [-0.15, -0.1) is 0 Å². The maximum Gasteiger partial charge on any atom is 0.504 e. The van der Waals surface area contributed by atoms with E-state index >= 15 is 0 Å². The van der Waals surface area contributed by atoms with Crippen molar-refractivity contribution in [1.29, 1.82) is 0 Å². The molecule has 0 spiro atoms. The van der Waals surface area contributed by atoms with Crippen LogP contribution in [-0.4, -0.2) is 30.1 Å². The molecule has 0 saturated heterocycles. The summed E-state index contributed by atoms with van der Waals surface area (Å²) in [6, 6.07) is 10.8. The number of rotatable bonds is 6. The van der Waals surface area contributed by atoms with Crippen molar-refractivity contribution >= 4 is 14.9 Å². The minimum Gasteiger partial charge on any atom is -0.377 e. The Hall–Kier alpha value is -0.943. The van der Waals surface area contributed by atoms with Gasteiger partial charge in [0.05, 0.1) is 0 Å². The molecule has 0 aliphatic carbocycles. The predicted molar refractivity (Wildman–Crippen MR) is 67.1 cm³/mol. The Labute approximate surface area is 98.0 Å². The molecule has 0 aliphatic rings. The number of hydrogen-bond donors (Lipinski definition) is 0. The van der Waals surface area contributed by atoms with Crippen LogP contribution >= 0.6 is 0 Å². The quantitative estimate of drug-likeness (QED) is 0.713. The Bertz CT molecular complexity index is 312. The second-order valence-electron chi connectivity index (χ2n) is 3.31. The molecule has 0 fully saturated rings. The van der Waals surface area contributed by atoms with Gasteiger partial charge in [-0.2, -0.15) is 0 Å². The van der Waals surface area contributed by atoms with E-state index in [1.807, 2.05) is 42.5 Å². The highest BCUT2D eigenvalue weighted by Gasteiger charge is 2.35. The van der Waals surface area contributed by atoms with Crippen LogP contribution in [0.15, 0.2) is 36.4 Å². The van der Waals surface area contributed by atoms with Gasteiger partial charge in [-0.05, 0) is 5.56 Å². The van der Waals surface area contributed by atoms with E-state index in [9.17, 15) is 0 Å². The first-order valence-corrected chi connectivity index (χ1v) is 7.06. The van der Waals surface area contributed by atoms with Crippen molar-refractivity contribution in [3.63, 3.8) is 0 Å². The van der Waals surface area contributed by atoms with Crippen molar-refractivity contribution < 1.29 is 13.3 Å². The summed E-state index contributed by atoms with van der Waals surface area (Å²) in [6.07, 6.45) is 4.07. The monoisotopic (exact) mass is 238 g/mol. The van der Waals surface area contributed by atoms with Gasteiger partial charge in [-0.1, -0.05) is 42.5 Å². The van der Waals surface area contributed by atoms with Crippen LogP contribution < -0.4 is 0 Å². The van der Waals surface area contributed by atoms with E-state index in [1.165, 1.54) is 0 Å². The lowest BCUT2D eigenvalue weighted by atomic mass is 10.2. The maximum absolute atomic E-state index is 5.32. The smallest absolute Gasteiger partial charge is 0.377 e. The van der Waals surface area contributed by atoms with Crippen molar-refractivity contribution in [3.8, 4) is 0 Å². The van der Waals surface area contributed by atoms with Crippen molar-refractivity contribution in [2.75, 3.05) is 21.3 Å². The summed E-state index contributed by atoms with van der Waals surface area (Å²) >= 11 is 0. The minimum absolute atomic E-state index is 0.672. The van der Waals surface area contributed by atoms with Gasteiger partial charge in [-0.3, -0.25) is 0 Å². The van der Waals surface area contributed by atoms with E-state index in [2.05, 4.69) is 0 Å². The molecule has 16 heavy (non-hydrogen) atoms. The van der Waals surface area contributed by atoms with E-state index < -0.39 is 8.80 Å². The van der Waals surface area contributed by atoms with Gasteiger partial charge in [0, 0.05) is 27.4 Å². The topological polar surface area (TPSA) is 27.7 Å². The molecule has 1 aromatic rings. The van der Waals surface area contributed by atoms with Gasteiger partial charge in [0.15, 0.2) is 0 Å². The molecule has 88 valence electrons. The Morgan fingerprint density at radius 3 is 2.06 bits per heavy atom. The molecule has 0 unspecified atom stereocenters. The summed E-state index contributed by atoms with van der Waals surface area (Å²) in [6.45, 7) is 0. The van der Waals surface area contributed by atoms with Gasteiger partial charge in [0.2, 0.25) is 0 Å². The van der Waals surface area contributed by atoms with E-state index in [-0.39, 0.29) is 0 Å². The van der Waals surface area contributed by atoms with Crippen LogP contribution in [0.1, 0.15) is 5.56 Å². The van der Waals surface area contributed by atoms with Crippen LogP contribution in [0.5, 0.6) is 0 Å². The molecular formula is C12H18O3Si. The lowest BCUT2D eigenvalue weighted by Gasteiger charge is -2.22. The number of allylic oxidation sites excluding steroid dienone is 1. The molecule has 0 aromatic heterocycles. The third-order valence-electron chi connectivity index (χ3n) is 2.41. The lowest BCUT2D eigenvalue weighted by Crippen LogP contribution is -2.42. The molecule has 0 aliphatic heterocycles. The third-order valence-corrected chi connectivity index (χ3v) is 5.01. The SMILES string of the molecule is CO[Si](CC=Cc1ccccc1)(OC)OC. The summed E-state index contributed by atoms with van der Waals surface area (Å²) in [5.74, 6) is 0. The van der Waals surface area contributed by atoms with E-state index in [0.717, 1.165) is 5.56 Å². The molecule has 4 heteroatoms. The Morgan fingerprint density at radius 2 is 1.56 bits per heavy atom. The molecular weight excluding hydrogens is 220 g/mol. The van der Waals surface area contributed by atoms with Crippen LogP contribution in [-0.2, 0) is 13.3 Å². The van der Waals surface area contributed by atoms with E-state index in [1.54, 1.807) is 21.3 Å². The predicted octanol–water partition coefficient (Wildman–Crippen LogP) is 2.58. The van der Waals surface area contributed by atoms with Crippen molar-refractivity contribution in [1.82, 2.24) is 0 Å². The molecule has 0 atom stereocenters. The van der Waals surface area contributed by atoms with Gasteiger partial charge < -0.3 is 13.3 Å². The van der Waals surface area contributed by atoms with E-state index in [0.29, 0.717) is 6.04 Å². The van der Waals surface area contributed by atoms with Crippen molar-refractivity contribution in [3.05, 3.63) is 42.0 Å². The first-order chi connectivity index (χ1) is 7.76. The van der Waals surface area contributed by atoms with Gasteiger partial charge in [0.1, 0.15) is 0 Å². The Balaban J connectivity index is 2.59. The minimum atomic E-state index is -2.46. The summed E-state index contributed by atoms with van der Waals surface area (Å²) in [7, 11) is 2.40. The zero-order chi connectivity index (χ0) is 11.9. The summed E-state index contributed by atoms with van der Waals surface area (Å²) in [5, 5.41) is 0. The van der Waals surface area contributed by atoms with Gasteiger partial charge in [-0.25, -0.2) is 0 Å². The second-order valence-corrected chi connectivity index (χ2v) is 6.31. The fourth-order valence-corrected chi connectivity index (χ4v) is 2.81. The van der Waals surface area contributed by atoms with Crippen molar-refractivity contribution in [2.24, 2.45) is 0 Å². The number of hydrogen-bond acceptors (Lipinski definition) is 3. The molecule has 0 radical (unpaired) electrons. The highest BCUT2D eigenvalue weighted by atomic mass is 28.4. The number of benzene rings is 1. The fraction of sp³-hybridized carbons (Fsp3) is 0.333. The summed E-state index contributed by atoms with van der Waals surface area (Å²) in [4.78, 5) is 0. The molecule has 0 bridgehead atoms. The maximum atomic E-state index is 5.32. The normalized spacial score (nSPS) is 12.2. The third kappa shape index (κ3) is 3.57. The van der Waals surface area contributed by atoms with Gasteiger partial charge >= 0.3 is 8.80 Å². The standard InChI is InChI=1S/C12H18O3Si/c1-13-16(14-2,15-3)11-7-10-12-8-5-4-6-9-12/h4-10H,11H2,1-3H3. The van der Waals surface area contributed by atoms with Gasteiger partial charge in [0.25, 0.3) is 0 Å². The lowest BCUT2D eigenvalue weighted by molar-refractivity contribution is 0.127. The molecule has 3 nitrogen and oxygen atoms in total. The van der Waals surface area contributed by atoms with Crippen LogP contribution in [0.25, 0.3) is 6.08 Å². The molecule has 1 rings (SSSR count). The van der Waals surface area contributed by atoms with Crippen LogP contribution in [0.4, 0.5) is 0 Å². The largest absolute Gasteiger partial charge is 0.504 e. The van der Waals surface area contributed by atoms with E-state index in [4.69, 9.17) is 13.3 Å². The average molecular weight is 238 g/mol. The molecule has 0 heterocycles. The highest BCUT2D eigenvalue weighted by molar-refractivity contribution is 6.61. The van der Waals surface area contributed by atoms with Crippen LogP contribution in [0.3, 0.4) is 0 Å². The molecule has 0 saturated carbocycles. The zero-order valence-electron chi connectivity index (χ0n) is 9.97. The Morgan fingerprint density at radius 1 is 1.00 bits per heavy atom. The van der Waals surface area contributed by atoms with Crippen molar-refractivity contribution in [2.45, 2.75) is 6.04 Å². The summed E-state index contributed by atoms with van der Waals surface area (Å²) in [5.41, 5.74) is 1.16. The molecule has 0 amide bonds. The van der Waals surface area contributed by atoms with Crippen LogP contribution in [0.2, 0.25) is 6.04 Å². The molecule has 0 N–H and O–H groups in total.